The Morgan fingerprint density at radius 2 is 0.964 bits per heavy atom. The first-order valence-electron chi connectivity index (χ1n) is 23.1. The third-order valence-corrected chi connectivity index (χ3v) is 11.0. The molecule has 0 aliphatic rings. The Bertz CT molecular complexity index is 1010. The van der Waals surface area contributed by atoms with Gasteiger partial charge in [-0.05, 0) is 44.9 Å². The van der Waals surface area contributed by atoms with Crippen molar-refractivity contribution in [3.8, 4) is 0 Å². The zero-order valence-corrected chi connectivity index (χ0v) is 38.0. The summed E-state index contributed by atoms with van der Waals surface area (Å²) in [6, 6.07) is 0. The topological polar surface area (TPSA) is 108 Å². The third kappa shape index (κ3) is 42.1. The molecule has 0 radical (unpaired) electrons. The zero-order chi connectivity index (χ0) is 41.4. The Balaban J connectivity index is 4.09. The Hall–Kier alpha value is -1.51. The van der Waals surface area contributed by atoms with E-state index in [0.29, 0.717) is 17.4 Å². The molecule has 0 fully saturated rings. The van der Waals surface area contributed by atoms with Crippen molar-refractivity contribution in [1.82, 2.24) is 0 Å². The van der Waals surface area contributed by atoms with Gasteiger partial charge in [-0.3, -0.25) is 18.6 Å². The molecule has 0 aromatic rings. The van der Waals surface area contributed by atoms with E-state index >= 15 is 0 Å². The number of phosphoric ester groups is 1. The second-order valence-electron chi connectivity index (χ2n) is 16.8. The molecule has 0 aliphatic carbocycles. The Morgan fingerprint density at radius 1 is 0.554 bits per heavy atom. The average Bonchev–Trinajstić information content (AvgIpc) is 3.15. The summed E-state index contributed by atoms with van der Waals surface area (Å²) in [5.74, 6) is -0.800. The minimum absolute atomic E-state index is 0.0335. The number of carbonyl (C=O) groups is 2. The molecule has 1 N–H and O–H groups in total. The lowest BCUT2D eigenvalue weighted by atomic mass is 10.0. The van der Waals surface area contributed by atoms with Crippen LogP contribution in [0.25, 0.3) is 0 Å². The number of likely N-dealkylation sites (N-methyl/N-ethyl adjacent to an activating group) is 1. The number of esters is 2. The molecule has 0 amide bonds. The van der Waals surface area contributed by atoms with Gasteiger partial charge in [-0.1, -0.05) is 173 Å². The van der Waals surface area contributed by atoms with Crippen LogP contribution in [0.1, 0.15) is 206 Å². The first-order valence-corrected chi connectivity index (χ1v) is 24.6. The number of rotatable bonds is 42. The van der Waals surface area contributed by atoms with Gasteiger partial charge < -0.3 is 18.9 Å². The van der Waals surface area contributed by atoms with Crippen LogP contribution in [0.15, 0.2) is 24.3 Å². The first-order chi connectivity index (χ1) is 27.0. The van der Waals surface area contributed by atoms with Crippen LogP contribution in [0.2, 0.25) is 0 Å². The molecule has 10 heteroatoms. The number of carbonyl (C=O) groups excluding carboxylic acids is 2. The lowest BCUT2D eigenvalue weighted by Gasteiger charge is -2.24. The highest BCUT2D eigenvalue weighted by molar-refractivity contribution is 7.47. The molecule has 330 valence electrons. The standard InChI is InChI=1S/C46H88NO8P/c1-6-8-10-12-14-15-16-17-18-19-20-21-22-23-24-25-26-27-28-29-30-31-33-35-37-39-46(49)55-44(43-54-56(50,51)53-41-40-47(3,4)5)42-52-45(48)38-36-34-32-13-11-9-7-2/h16-17,19-20,44H,6-15,18,21-43H2,1-5H3/p+1/b17-16-,20-19-. The van der Waals surface area contributed by atoms with Gasteiger partial charge in [-0.15, -0.1) is 0 Å². The fourth-order valence-electron chi connectivity index (χ4n) is 6.34. The molecule has 0 aromatic carbocycles. The van der Waals surface area contributed by atoms with Crippen LogP contribution < -0.4 is 0 Å². The first kappa shape index (κ1) is 54.5. The summed E-state index contributed by atoms with van der Waals surface area (Å²) in [5.41, 5.74) is 0. The Kier molecular flexibility index (Phi) is 37.9. The maximum absolute atomic E-state index is 12.7. The highest BCUT2D eigenvalue weighted by Crippen LogP contribution is 2.43. The van der Waals surface area contributed by atoms with Crippen molar-refractivity contribution in [2.75, 3.05) is 47.5 Å². The van der Waals surface area contributed by atoms with Gasteiger partial charge >= 0.3 is 19.8 Å². The molecule has 9 nitrogen and oxygen atoms in total. The molecule has 0 rings (SSSR count). The van der Waals surface area contributed by atoms with Gasteiger partial charge in [-0.25, -0.2) is 4.57 Å². The summed E-state index contributed by atoms with van der Waals surface area (Å²) in [4.78, 5) is 35.2. The van der Waals surface area contributed by atoms with Crippen molar-refractivity contribution in [3.63, 3.8) is 0 Å². The maximum Gasteiger partial charge on any atom is 0.472 e. The number of ether oxygens (including phenoxy) is 2. The number of allylic oxidation sites excluding steroid dienone is 4. The van der Waals surface area contributed by atoms with E-state index in [9.17, 15) is 19.0 Å². The summed E-state index contributed by atoms with van der Waals surface area (Å²) in [6.07, 6.45) is 42.5. The van der Waals surface area contributed by atoms with Crippen molar-refractivity contribution in [2.24, 2.45) is 0 Å². The molecule has 0 bridgehead atoms. The van der Waals surface area contributed by atoms with E-state index in [1.54, 1.807) is 0 Å². The smallest absolute Gasteiger partial charge is 0.462 e. The molecule has 56 heavy (non-hydrogen) atoms. The highest BCUT2D eigenvalue weighted by Gasteiger charge is 2.27. The van der Waals surface area contributed by atoms with E-state index in [1.165, 1.54) is 135 Å². The van der Waals surface area contributed by atoms with Crippen molar-refractivity contribution in [1.29, 1.82) is 0 Å². The second kappa shape index (κ2) is 39.0. The van der Waals surface area contributed by atoms with Gasteiger partial charge in [0, 0.05) is 12.8 Å². The molecule has 0 heterocycles. The van der Waals surface area contributed by atoms with Gasteiger partial charge in [0.25, 0.3) is 0 Å². The van der Waals surface area contributed by atoms with Gasteiger partial charge in [0.15, 0.2) is 6.10 Å². The van der Waals surface area contributed by atoms with Crippen molar-refractivity contribution in [2.45, 2.75) is 213 Å². The minimum atomic E-state index is -4.36. The molecule has 0 saturated heterocycles. The zero-order valence-electron chi connectivity index (χ0n) is 37.1. The highest BCUT2D eigenvalue weighted by atomic mass is 31.2. The molecule has 0 aromatic heterocycles. The maximum atomic E-state index is 12.7. The SMILES string of the molecule is CCCCCCC/C=C\C/C=C\CCCCCCCCCCCCCCCC(=O)OC(COC(=O)CCCCCCCCC)COP(=O)(O)OCC[N+](C)(C)C. The molecule has 0 saturated carbocycles. The summed E-state index contributed by atoms with van der Waals surface area (Å²) in [7, 11) is 1.48. The van der Waals surface area contributed by atoms with Crippen molar-refractivity contribution in [3.05, 3.63) is 24.3 Å². The number of hydrogen-bond acceptors (Lipinski definition) is 7. The summed E-state index contributed by atoms with van der Waals surface area (Å²) in [6.45, 7) is 4.38. The lowest BCUT2D eigenvalue weighted by molar-refractivity contribution is -0.870. The second-order valence-corrected chi connectivity index (χ2v) is 18.2. The van der Waals surface area contributed by atoms with E-state index in [4.69, 9.17) is 18.5 Å². The third-order valence-electron chi connectivity index (χ3n) is 9.98. The summed E-state index contributed by atoms with van der Waals surface area (Å²) >= 11 is 0. The van der Waals surface area contributed by atoms with E-state index in [-0.39, 0.29) is 32.0 Å². The molecule has 2 unspecified atom stereocenters. The van der Waals surface area contributed by atoms with E-state index < -0.39 is 26.5 Å². The average molecular weight is 815 g/mol. The van der Waals surface area contributed by atoms with E-state index in [0.717, 1.165) is 38.5 Å². The predicted octanol–water partition coefficient (Wildman–Crippen LogP) is 13.1. The van der Waals surface area contributed by atoms with Gasteiger partial charge in [0.1, 0.15) is 19.8 Å². The van der Waals surface area contributed by atoms with Crippen LogP contribution in [-0.4, -0.2) is 74.9 Å². The number of quaternary nitrogens is 1. The van der Waals surface area contributed by atoms with Crippen LogP contribution in [0.5, 0.6) is 0 Å². The minimum Gasteiger partial charge on any atom is -0.462 e. The molecular formula is C46H89NO8P+. The molecule has 0 spiro atoms. The number of phosphoric acid groups is 1. The van der Waals surface area contributed by atoms with Gasteiger partial charge in [0.05, 0.1) is 27.7 Å². The largest absolute Gasteiger partial charge is 0.472 e. The molecule has 2 atom stereocenters. The van der Waals surface area contributed by atoms with Crippen LogP contribution in [0, 0.1) is 0 Å². The van der Waals surface area contributed by atoms with Crippen LogP contribution >= 0.6 is 7.82 Å². The van der Waals surface area contributed by atoms with Gasteiger partial charge in [-0.2, -0.15) is 0 Å². The summed E-state index contributed by atoms with van der Waals surface area (Å²) < 4.78 is 34.2. The Morgan fingerprint density at radius 3 is 1.41 bits per heavy atom. The van der Waals surface area contributed by atoms with E-state index in [1.807, 2.05) is 21.1 Å². The Labute approximate surface area is 345 Å². The molecular weight excluding hydrogens is 725 g/mol. The number of unbranched alkanes of at least 4 members (excludes halogenated alkanes) is 24. The fourth-order valence-corrected chi connectivity index (χ4v) is 7.08. The van der Waals surface area contributed by atoms with Crippen LogP contribution in [-0.2, 0) is 32.7 Å². The van der Waals surface area contributed by atoms with Crippen LogP contribution in [0.3, 0.4) is 0 Å². The molecule has 0 aliphatic heterocycles. The van der Waals surface area contributed by atoms with E-state index in [2.05, 4.69) is 38.2 Å². The lowest BCUT2D eigenvalue weighted by Crippen LogP contribution is -2.37. The number of hydrogen-bond donors (Lipinski definition) is 1. The fraction of sp³-hybridized carbons (Fsp3) is 0.870. The predicted molar refractivity (Wildman–Crippen MR) is 234 cm³/mol. The van der Waals surface area contributed by atoms with Crippen LogP contribution in [0.4, 0.5) is 0 Å². The quantitative estimate of drug-likeness (QED) is 0.0213. The van der Waals surface area contributed by atoms with Gasteiger partial charge in [0.2, 0.25) is 0 Å². The van der Waals surface area contributed by atoms with Crippen molar-refractivity contribution >= 4 is 19.8 Å². The normalized spacial score (nSPS) is 13.8. The van der Waals surface area contributed by atoms with Crippen molar-refractivity contribution < 1.29 is 42.1 Å². The monoisotopic (exact) mass is 815 g/mol. The summed E-state index contributed by atoms with van der Waals surface area (Å²) in [5, 5.41) is 0. The number of nitrogens with zero attached hydrogens (tertiary/aromatic N) is 1.